The number of hydrogen-bond acceptors (Lipinski definition) is 0. The van der Waals surface area contributed by atoms with Gasteiger partial charge in [-0.05, 0) is 31.6 Å². The summed E-state index contributed by atoms with van der Waals surface area (Å²) >= 11 is 0. The van der Waals surface area contributed by atoms with Gasteiger partial charge < -0.3 is 0 Å². The topological polar surface area (TPSA) is 0 Å². The van der Waals surface area contributed by atoms with Crippen LogP contribution in [0.25, 0.3) is 0 Å². The molecule has 0 spiro atoms. The maximum Gasteiger partial charge on any atom is -0.0351 e. The summed E-state index contributed by atoms with van der Waals surface area (Å²) in [5.41, 5.74) is 0. The van der Waals surface area contributed by atoms with Gasteiger partial charge in [-0.15, -0.1) is 0 Å². The van der Waals surface area contributed by atoms with Crippen molar-refractivity contribution in [1.29, 1.82) is 0 Å². The first-order chi connectivity index (χ1) is 12.8. The Morgan fingerprint density at radius 1 is 0.538 bits per heavy atom. The summed E-state index contributed by atoms with van der Waals surface area (Å²) < 4.78 is 0. The van der Waals surface area contributed by atoms with E-state index in [1.54, 1.807) is 0 Å². The van der Waals surface area contributed by atoms with E-state index >= 15 is 0 Å². The van der Waals surface area contributed by atoms with Gasteiger partial charge in [0.25, 0.3) is 0 Å². The number of unbranched alkanes of at least 4 members (excludes halogenated alkanes) is 13. The van der Waals surface area contributed by atoms with Gasteiger partial charge in [0.15, 0.2) is 0 Å². The van der Waals surface area contributed by atoms with Crippen LogP contribution >= 0.6 is 0 Å². The first-order valence-corrected chi connectivity index (χ1v) is 12.1. The predicted molar refractivity (Wildman–Crippen MR) is 121 cm³/mol. The molecule has 0 saturated carbocycles. The van der Waals surface area contributed by atoms with Crippen LogP contribution in [-0.2, 0) is 0 Å². The Bertz CT molecular complexity index is 265. The number of rotatable bonds is 21. The zero-order valence-corrected chi connectivity index (χ0v) is 18.3. The van der Waals surface area contributed by atoms with Gasteiger partial charge >= 0.3 is 0 Å². The highest BCUT2D eigenvalue weighted by molar-refractivity contribution is 4.81. The summed E-state index contributed by atoms with van der Waals surface area (Å²) in [6.45, 7) is 10.1. The van der Waals surface area contributed by atoms with Crippen LogP contribution < -0.4 is 0 Å². The first kappa shape index (κ1) is 25.7. The van der Waals surface area contributed by atoms with Crippen LogP contribution in [0.2, 0.25) is 0 Å². The maximum atomic E-state index is 3.92. The molecule has 0 nitrogen and oxygen atoms in total. The van der Waals surface area contributed by atoms with Crippen LogP contribution in [0.5, 0.6) is 0 Å². The van der Waals surface area contributed by atoms with E-state index in [1.165, 1.54) is 109 Å². The molecule has 0 aliphatic carbocycles. The van der Waals surface area contributed by atoms with E-state index in [2.05, 4.69) is 32.9 Å². The summed E-state index contributed by atoms with van der Waals surface area (Å²) in [4.78, 5) is 0. The molecule has 0 heterocycles. The fourth-order valence-electron chi connectivity index (χ4n) is 3.84. The lowest BCUT2D eigenvalue weighted by atomic mass is 9.90. The summed E-state index contributed by atoms with van der Waals surface area (Å²) in [6, 6.07) is 0. The third-order valence-electron chi connectivity index (χ3n) is 5.60. The van der Waals surface area contributed by atoms with E-state index in [4.69, 9.17) is 0 Å². The van der Waals surface area contributed by atoms with E-state index in [-0.39, 0.29) is 0 Å². The summed E-state index contributed by atoms with van der Waals surface area (Å²) in [7, 11) is 0. The van der Waals surface area contributed by atoms with Gasteiger partial charge in [-0.3, -0.25) is 0 Å². The molecule has 0 amide bonds. The highest BCUT2D eigenvalue weighted by Gasteiger charge is 2.08. The Balaban J connectivity index is 3.68. The van der Waals surface area contributed by atoms with Crippen molar-refractivity contribution in [3.8, 4) is 0 Å². The molecule has 0 aromatic rings. The van der Waals surface area contributed by atoms with Crippen molar-refractivity contribution < 1.29 is 0 Å². The second-order valence-corrected chi connectivity index (χ2v) is 8.23. The molecule has 0 fully saturated rings. The Hall–Kier alpha value is -0.260. The largest absolute Gasteiger partial charge is 0.0885 e. The van der Waals surface area contributed by atoms with E-state index in [1.807, 2.05) is 0 Å². The average molecular weight is 363 g/mol. The molecule has 1 atom stereocenters. The average Bonchev–Trinajstić information content (AvgIpc) is 2.65. The van der Waals surface area contributed by atoms with Gasteiger partial charge in [-0.2, -0.15) is 0 Å². The molecule has 0 aliphatic rings. The summed E-state index contributed by atoms with van der Waals surface area (Å²) in [5, 5.41) is 0. The zero-order valence-electron chi connectivity index (χ0n) is 18.3. The smallest absolute Gasteiger partial charge is 0.0351 e. The Morgan fingerprint density at radius 2 is 1.04 bits per heavy atom. The van der Waals surface area contributed by atoms with Crippen molar-refractivity contribution in [2.75, 3.05) is 0 Å². The quantitative estimate of drug-likeness (QED) is 0.141. The minimum absolute atomic E-state index is 1.00. The van der Waals surface area contributed by atoms with Crippen LogP contribution in [-0.4, -0.2) is 0 Å². The van der Waals surface area contributed by atoms with E-state index in [0.29, 0.717) is 0 Å². The lowest BCUT2D eigenvalue weighted by Crippen LogP contribution is -2.01. The van der Waals surface area contributed by atoms with Crippen molar-refractivity contribution >= 4 is 0 Å². The summed E-state index contributed by atoms with van der Waals surface area (Å²) in [6.07, 6.45) is 32.2. The second kappa shape index (κ2) is 22.8. The van der Waals surface area contributed by atoms with E-state index in [0.717, 1.165) is 25.2 Å². The van der Waals surface area contributed by atoms with Crippen LogP contribution in [0.15, 0.2) is 12.2 Å². The van der Waals surface area contributed by atoms with E-state index < -0.39 is 0 Å². The maximum absolute atomic E-state index is 3.92. The Kier molecular flexibility index (Phi) is 22.6. The molecule has 154 valence electrons. The lowest BCUT2D eigenvalue weighted by molar-refractivity contribution is 0.371. The molecule has 1 unspecified atom stereocenters. The monoisotopic (exact) mass is 362 g/mol. The SMILES string of the molecule is [CH2]CCC=CCCCCC(CCCCC)CCCCCCCCCC[CH2]. The van der Waals surface area contributed by atoms with Crippen LogP contribution in [0.4, 0.5) is 0 Å². The molecule has 0 aromatic heterocycles. The second-order valence-electron chi connectivity index (χ2n) is 8.23. The van der Waals surface area contributed by atoms with Gasteiger partial charge in [-0.25, -0.2) is 0 Å². The molecule has 0 rings (SSSR count). The molecule has 0 aliphatic heterocycles. The molecular weight excluding hydrogens is 312 g/mol. The van der Waals surface area contributed by atoms with Crippen molar-refractivity contribution in [2.45, 2.75) is 135 Å². The van der Waals surface area contributed by atoms with Crippen molar-refractivity contribution in [3.63, 3.8) is 0 Å². The summed E-state index contributed by atoms with van der Waals surface area (Å²) in [5.74, 6) is 1.00. The van der Waals surface area contributed by atoms with Crippen LogP contribution in [0, 0.1) is 19.8 Å². The van der Waals surface area contributed by atoms with Gasteiger partial charge in [0.1, 0.15) is 0 Å². The molecule has 26 heavy (non-hydrogen) atoms. The lowest BCUT2D eigenvalue weighted by Gasteiger charge is -2.16. The molecule has 0 heteroatoms. The number of allylic oxidation sites excluding steroid dienone is 2. The van der Waals surface area contributed by atoms with Crippen molar-refractivity contribution in [1.82, 2.24) is 0 Å². The van der Waals surface area contributed by atoms with Gasteiger partial charge in [0.05, 0.1) is 0 Å². The highest BCUT2D eigenvalue weighted by Crippen LogP contribution is 2.24. The van der Waals surface area contributed by atoms with Crippen LogP contribution in [0.1, 0.15) is 135 Å². The fourth-order valence-corrected chi connectivity index (χ4v) is 3.84. The highest BCUT2D eigenvalue weighted by atomic mass is 14.1. The standard InChI is InChI=1S/C26H50/c1-4-7-10-12-14-15-17-19-22-25-26(23-20-9-6-3)24-21-18-16-13-11-8-5-2/h11,13,26H,1-2,4-10,12,14-25H2,3H3. The number of hydrogen-bond donors (Lipinski definition) is 0. The third kappa shape index (κ3) is 20.1. The first-order valence-electron chi connectivity index (χ1n) is 12.1. The van der Waals surface area contributed by atoms with Crippen molar-refractivity contribution in [3.05, 3.63) is 26.0 Å². The van der Waals surface area contributed by atoms with Gasteiger partial charge in [0, 0.05) is 0 Å². The predicted octanol–water partition coefficient (Wildman–Crippen LogP) is 9.65. The Labute approximate surface area is 167 Å². The van der Waals surface area contributed by atoms with Crippen LogP contribution in [0.3, 0.4) is 0 Å². The van der Waals surface area contributed by atoms with E-state index in [9.17, 15) is 0 Å². The molecule has 2 radical (unpaired) electrons. The van der Waals surface area contributed by atoms with Crippen molar-refractivity contribution in [2.24, 2.45) is 5.92 Å². The molecule has 0 saturated heterocycles. The fraction of sp³-hybridized carbons (Fsp3) is 0.846. The molecular formula is C26H50. The minimum Gasteiger partial charge on any atom is -0.0885 e. The zero-order chi connectivity index (χ0) is 19.1. The molecule has 0 aromatic carbocycles. The van der Waals surface area contributed by atoms with Gasteiger partial charge in [-0.1, -0.05) is 136 Å². The Morgan fingerprint density at radius 3 is 1.62 bits per heavy atom. The normalized spacial score (nSPS) is 12.9. The molecule has 0 bridgehead atoms. The minimum atomic E-state index is 1.00. The van der Waals surface area contributed by atoms with Gasteiger partial charge in [0.2, 0.25) is 0 Å². The third-order valence-corrected chi connectivity index (χ3v) is 5.60. The molecule has 0 N–H and O–H groups in total.